The predicted octanol–water partition coefficient (Wildman–Crippen LogP) is 2.97. The quantitative estimate of drug-likeness (QED) is 0.910. The first-order chi connectivity index (χ1) is 10.3. The number of carboxylic acids is 1. The summed E-state index contributed by atoms with van der Waals surface area (Å²) in [6.45, 7) is 4.78. The van der Waals surface area contributed by atoms with Crippen molar-refractivity contribution in [2.24, 2.45) is 0 Å². The van der Waals surface area contributed by atoms with Gasteiger partial charge < -0.3 is 14.8 Å². The fraction of sp³-hybridized carbons (Fsp3) is 0.250. The molecule has 0 radical (unpaired) electrons. The monoisotopic (exact) mass is 305 g/mol. The van der Waals surface area contributed by atoms with E-state index in [0.29, 0.717) is 22.5 Å². The second-order valence-corrected chi connectivity index (χ2v) is 5.09. The van der Waals surface area contributed by atoms with Crippen molar-refractivity contribution in [3.8, 4) is 0 Å². The van der Waals surface area contributed by atoms with Gasteiger partial charge in [-0.2, -0.15) is 0 Å². The number of amides is 1. The summed E-state index contributed by atoms with van der Waals surface area (Å²) >= 11 is 0. The molecule has 0 saturated carbocycles. The zero-order chi connectivity index (χ0) is 16.4. The zero-order valence-corrected chi connectivity index (χ0v) is 12.5. The van der Waals surface area contributed by atoms with E-state index in [2.05, 4.69) is 5.32 Å². The van der Waals surface area contributed by atoms with Crippen LogP contribution in [-0.4, -0.2) is 17.0 Å². The molecule has 0 fully saturated rings. The molecule has 0 atom stereocenters. The van der Waals surface area contributed by atoms with Crippen molar-refractivity contribution >= 4 is 11.9 Å². The highest BCUT2D eigenvalue weighted by Gasteiger charge is 2.15. The number of hydrogen-bond donors (Lipinski definition) is 2. The van der Waals surface area contributed by atoms with Gasteiger partial charge >= 0.3 is 5.97 Å². The molecular weight excluding hydrogens is 289 g/mol. The van der Waals surface area contributed by atoms with Gasteiger partial charge in [-0.3, -0.25) is 4.79 Å². The summed E-state index contributed by atoms with van der Waals surface area (Å²) in [5.41, 5.74) is 1.20. The molecule has 6 heteroatoms. The first-order valence-corrected chi connectivity index (χ1v) is 6.67. The van der Waals surface area contributed by atoms with E-state index in [0.717, 1.165) is 0 Å². The van der Waals surface area contributed by atoms with E-state index in [4.69, 9.17) is 9.52 Å². The second-order valence-electron chi connectivity index (χ2n) is 5.09. The van der Waals surface area contributed by atoms with Gasteiger partial charge in [0.05, 0.1) is 6.54 Å². The van der Waals surface area contributed by atoms with Gasteiger partial charge in [0, 0.05) is 5.56 Å². The molecule has 1 amide bonds. The lowest BCUT2D eigenvalue weighted by molar-refractivity contribution is 0.0694. The molecule has 5 nitrogen and oxygen atoms in total. The molecule has 22 heavy (non-hydrogen) atoms. The molecule has 0 aliphatic carbocycles. The van der Waals surface area contributed by atoms with Crippen LogP contribution in [0.1, 0.15) is 43.4 Å². The normalized spacial score (nSPS) is 10.5. The standard InChI is InChI=1S/C16H16FNO4/c1-8-4-11(5-9(2)14(8)17)15(19)18-7-12-6-13(16(20)21)10(3)22-12/h4-6H,7H2,1-3H3,(H,18,19)(H,20,21). The Hall–Kier alpha value is -2.63. The fourth-order valence-corrected chi connectivity index (χ4v) is 2.19. The Morgan fingerprint density at radius 2 is 1.77 bits per heavy atom. The third-order valence-electron chi connectivity index (χ3n) is 3.32. The van der Waals surface area contributed by atoms with Crippen LogP contribution in [0.25, 0.3) is 0 Å². The Morgan fingerprint density at radius 1 is 1.18 bits per heavy atom. The molecule has 1 heterocycles. The van der Waals surface area contributed by atoms with Crippen LogP contribution in [-0.2, 0) is 6.54 Å². The van der Waals surface area contributed by atoms with E-state index in [-0.39, 0.29) is 29.6 Å². The maximum Gasteiger partial charge on any atom is 0.339 e. The van der Waals surface area contributed by atoms with Crippen LogP contribution in [0, 0.1) is 26.6 Å². The molecule has 0 spiro atoms. The summed E-state index contributed by atoms with van der Waals surface area (Å²) in [5.74, 6) is -1.16. The average Bonchev–Trinajstić information content (AvgIpc) is 2.83. The van der Waals surface area contributed by atoms with E-state index in [1.807, 2.05) is 0 Å². The van der Waals surface area contributed by atoms with Crippen LogP contribution in [0.2, 0.25) is 0 Å². The molecule has 0 unspecified atom stereocenters. The van der Waals surface area contributed by atoms with E-state index >= 15 is 0 Å². The summed E-state index contributed by atoms with van der Waals surface area (Å²) in [5, 5.41) is 11.6. The van der Waals surface area contributed by atoms with E-state index in [1.165, 1.54) is 18.2 Å². The molecule has 2 aromatic rings. The Bertz CT molecular complexity index is 726. The van der Waals surface area contributed by atoms with Gasteiger partial charge in [0.15, 0.2) is 0 Å². The topological polar surface area (TPSA) is 79.5 Å². The Morgan fingerprint density at radius 3 is 2.27 bits per heavy atom. The fourth-order valence-electron chi connectivity index (χ4n) is 2.19. The van der Waals surface area contributed by atoms with Gasteiger partial charge in [-0.15, -0.1) is 0 Å². The molecule has 0 saturated heterocycles. The second kappa shape index (κ2) is 6.01. The van der Waals surface area contributed by atoms with Crippen LogP contribution < -0.4 is 5.32 Å². The van der Waals surface area contributed by atoms with E-state index < -0.39 is 5.97 Å². The van der Waals surface area contributed by atoms with Crippen molar-refractivity contribution < 1.29 is 23.5 Å². The van der Waals surface area contributed by atoms with Crippen LogP contribution in [0.15, 0.2) is 22.6 Å². The van der Waals surface area contributed by atoms with Crippen molar-refractivity contribution in [2.75, 3.05) is 0 Å². The number of aryl methyl sites for hydroxylation is 3. The summed E-state index contributed by atoms with van der Waals surface area (Å²) in [6, 6.07) is 4.31. The lowest BCUT2D eigenvalue weighted by Crippen LogP contribution is -2.23. The molecular formula is C16H16FNO4. The number of hydrogen-bond acceptors (Lipinski definition) is 3. The largest absolute Gasteiger partial charge is 0.478 e. The van der Waals surface area contributed by atoms with Crippen LogP contribution in [0.5, 0.6) is 0 Å². The molecule has 1 aromatic heterocycles. The van der Waals surface area contributed by atoms with E-state index in [9.17, 15) is 14.0 Å². The Balaban J connectivity index is 2.10. The Labute approximate surface area is 126 Å². The van der Waals surface area contributed by atoms with Crippen molar-refractivity contribution in [1.82, 2.24) is 5.32 Å². The average molecular weight is 305 g/mol. The van der Waals surface area contributed by atoms with E-state index in [1.54, 1.807) is 20.8 Å². The smallest absolute Gasteiger partial charge is 0.339 e. The summed E-state index contributed by atoms with van der Waals surface area (Å²) < 4.78 is 18.8. The predicted molar refractivity (Wildman–Crippen MR) is 77.4 cm³/mol. The minimum absolute atomic E-state index is 0.0580. The number of benzene rings is 1. The van der Waals surface area contributed by atoms with Crippen molar-refractivity contribution in [1.29, 1.82) is 0 Å². The highest BCUT2D eigenvalue weighted by Crippen LogP contribution is 2.16. The van der Waals surface area contributed by atoms with Gasteiger partial charge in [0.2, 0.25) is 0 Å². The number of rotatable bonds is 4. The third kappa shape index (κ3) is 3.16. The number of nitrogens with one attached hydrogen (secondary N) is 1. The van der Waals surface area contributed by atoms with Crippen molar-refractivity contribution in [2.45, 2.75) is 27.3 Å². The number of halogens is 1. The molecule has 0 aliphatic rings. The van der Waals surface area contributed by atoms with Crippen LogP contribution in [0.4, 0.5) is 4.39 Å². The molecule has 2 rings (SSSR count). The third-order valence-corrected chi connectivity index (χ3v) is 3.32. The van der Waals surface area contributed by atoms with Gasteiger partial charge in [-0.1, -0.05) is 0 Å². The highest BCUT2D eigenvalue weighted by molar-refractivity contribution is 5.94. The lowest BCUT2D eigenvalue weighted by Gasteiger charge is -2.07. The lowest BCUT2D eigenvalue weighted by atomic mass is 10.1. The molecule has 0 bridgehead atoms. The molecule has 0 aliphatic heterocycles. The van der Waals surface area contributed by atoms with Gasteiger partial charge in [0.1, 0.15) is 22.9 Å². The van der Waals surface area contributed by atoms with Gasteiger partial charge in [-0.05, 0) is 50.1 Å². The minimum Gasteiger partial charge on any atom is -0.478 e. The molecule has 2 N–H and O–H groups in total. The number of carboxylic acid groups (broad SMARTS) is 1. The number of carbonyl (C=O) groups is 2. The van der Waals surface area contributed by atoms with Crippen LogP contribution in [0.3, 0.4) is 0 Å². The zero-order valence-electron chi connectivity index (χ0n) is 12.5. The first-order valence-electron chi connectivity index (χ1n) is 6.67. The number of carbonyl (C=O) groups excluding carboxylic acids is 1. The number of aromatic carboxylic acids is 1. The number of furan rings is 1. The maximum atomic E-state index is 13.5. The summed E-state index contributed by atoms with van der Waals surface area (Å²) in [4.78, 5) is 23.0. The van der Waals surface area contributed by atoms with Crippen molar-refractivity contribution in [3.63, 3.8) is 0 Å². The highest BCUT2D eigenvalue weighted by atomic mass is 19.1. The minimum atomic E-state index is -1.08. The molecule has 1 aromatic carbocycles. The van der Waals surface area contributed by atoms with Crippen molar-refractivity contribution in [3.05, 3.63) is 57.8 Å². The maximum absolute atomic E-state index is 13.5. The SMILES string of the molecule is Cc1cc(C(=O)NCc2cc(C(=O)O)c(C)o2)cc(C)c1F. The first kappa shape index (κ1) is 15.8. The van der Waals surface area contributed by atoms with Gasteiger partial charge in [0.25, 0.3) is 5.91 Å². The summed E-state index contributed by atoms with van der Waals surface area (Å²) in [7, 11) is 0. The summed E-state index contributed by atoms with van der Waals surface area (Å²) in [6.07, 6.45) is 0. The Kier molecular flexibility index (Phi) is 4.30. The molecule has 116 valence electrons. The van der Waals surface area contributed by atoms with Gasteiger partial charge in [-0.25, -0.2) is 9.18 Å². The van der Waals surface area contributed by atoms with Crippen LogP contribution >= 0.6 is 0 Å².